The molecule has 0 spiro atoms. The van der Waals surface area contributed by atoms with Gasteiger partial charge >= 0.3 is 12.1 Å². The van der Waals surface area contributed by atoms with Crippen molar-refractivity contribution in [1.82, 2.24) is 29.8 Å². The number of morpholine rings is 1. The maximum atomic E-state index is 13.9. The van der Waals surface area contributed by atoms with Crippen molar-refractivity contribution in [3.05, 3.63) is 41.7 Å². The molecule has 0 unspecified atom stereocenters. The van der Waals surface area contributed by atoms with Crippen molar-refractivity contribution >= 4 is 29.9 Å². The van der Waals surface area contributed by atoms with E-state index in [1.165, 1.54) is 6.20 Å². The van der Waals surface area contributed by atoms with Crippen LogP contribution in [0.15, 0.2) is 30.5 Å². The topological polar surface area (TPSA) is 162 Å². The minimum absolute atomic E-state index is 0.00579. The number of amides is 1. The number of nitrogens with two attached hydrogens (primary N) is 1. The van der Waals surface area contributed by atoms with Gasteiger partial charge in [0, 0.05) is 45.5 Å². The lowest BCUT2D eigenvalue weighted by molar-refractivity contribution is -0.153. The van der Waals surface area contributed by atoms with Gasteiger partial charge in [0.25, 0.3) is 6.43 Å². The lowest BCUT2D eigenvalue weighted by atomic mass is 10.1. The highest BCUT2D eigenvalue weighted by molar-refractivity contribution is 5.73. The summed E-state index contributed by atoms with van der Waals surface area (Å²) < 4.78 is 44.1. The summed E-state index contributed by atoms with van der Waals surface area (Å²) in [6.07, 6.45) is -2.16. The van der Waals surface area contributed by atoms with Crippen LogP contribution in [0.2, 0.25) is 0 Å². The molecule has 2 aromatic heterocycles. The van der Waals surface area contributed by atoms with Crippen LogP contribution >= 0.6 is 0 Å². The summed E-state index contributed by atoms with van der Waals surface area (Å²) in [5.74, 6) is 0.293. The van der Waals surface area contributed by atoms with E-state index in [1.54, 1.807) is 49.9 Å². The minimum Gasteiger partial charge on any atom is -0.460 e. The van der Waals surface area contributed by atoms with E-state index in [1.807, 2.05) is 9.80 Å². The SMILES string of the molecule is CC(C)(C)OC(=O)Cc1ccc(OC(=O)N2CCN(c3nc(-c4cnc(N)nc4C(F)F)nc(N4CCOCC4)n3)CC2)cc1. The van der Waals surface area contributed by atoms with Crippen molar-refractivity contribution in [2.75, 3.05) is 68.0 Å². The van der Waals surface area contributed by atoms with E-state index in [9.17, 15) is 18.4 Å². The summed E-state index contributed by atoms with van der Waals surface area (Å²) in [6.45, 7) is 8.71. The molecule has 1 amide bonds. The Hall–Kier alpha value is -4.73. The third-order valence-corrected chi connectivity index (χ3v) is 6.91. The van der Waals surface area contributed by atoms with Crippen molar-refractivity contribution in [3.63, 3.8) is 0 Å². The monoisotopic (exact) mass is 627 g/mol. The zero-order valence-electron chi connectivity index (χ0n) is 25.3. The first-order valence-corrected chi connectivity index (χ1v) is 14.5. The number of halogens is 2. The molecule has 14 nitrogen and oxygen atoms in total. The Morgan fingerprint density at radius 1 is 0.933 bits per heavy atom. The summed E-state index contributed by atoms with van der Waals surface area (Å²) in [7, 11) is 0. The molecular weight excluding hydrogens is 592 g/mol. The molecule has 2 saturated heterocycles. The second kappa shape index (κ2) is 13.5. The summed E-state index contributed by atoms with van der Waals surface area (Å²) >= 11 is 0. The minimum atomic E-state index is -2.92. The van der Waals surface area contributed by atoms with Gasteiger partial charge in [-0.3, -0.25) is 4.79 Å². The second-order valence-corrected chi connectivity index (χ2v) is 11.4. The van der Waals surface area contributed by atoms with Crippen molar-refractivity contribution in [2.24, 2.45) is 0 Å². The Labute approximate surface area is 258 Å². The number of esters is 1. The van der Waals surface area contributed by atoms with Gasteiger partial charge in [-0.15, -0.1) is 0 Å². The van der Waals surface area contributed by atoms with Gasteiger partial charge in [-0.25, -0.2) is 23.5 Å². The molecule has 2 aliphatic rings. The van der Waals surface area contributed by atoms with E-state index >= 15 is 0 Å². The fraction of sp³-hybridized carbons (Fsp3) is 0.483. The molecule has 5 rings (SSSR count). The van der Waals surface area contributed by atoms with Crippen molar-refractivity contribution in [3.8, 4) is 17.1 Å². The molecule has 2 fully saturated rings. The molecule has 0 aliphatic carbocycles. The average Bonchev–Trinajstić information content (AvgIpc) is 3.01. The van der Waals surface area contributed by atoms with Gasteiger partial charge in [0.1, 0.15) is 17.0 Å². The number of anilines is 3. The zero-order chi connectivity index (χ0) is 32.1. The van der Waals surface area contributed by atoms with Gasteiger partial charge in [0.15, 0.2) is 5.82 Å². The summed E-state index contributed by atoms with van der Waals surface area (Å²) in [4.78, 5) is 51.5. The van der Waals surface area contributed by atoms with Gasteiger partial charge in [-0.05, 0) is 38.5 Å². The van der Waals surface area contributed by atoms with E-state index in [2.05, 4.69) is 24.9 Å². The van der Waals surface area contributed by atoms with Crippen LogP contribution in [0.1, 0.15) is 38.5 Å². The van der Waals surface area contributed by atoms with Crippen LogP contribution in [-0.4, -0.2) is 100.0 Å². The van der Waals surface area contributed by atoms with Gasteiger partial charge in [0.2, 0.25) is 17.8 Å². The second-order valence-electron chi connectivity index (χ2n) is 11.4. The normalized spacial score (nSPS) is 15.7. The van der Waals surface area contributed by atoms with Crippen molar-refractivity contribution < 1.29 is 32.6 Å². The molecule has 0 bridgehead atoms. The van der Waals surface area contributed by atoms with Crippen LogP contribution < -0.4 is 20.3 Å². The van der Waals surface area contributed by atoms with Crippen LogP contribution in [0.4, 0.5) is 31.4 Å². The summed E-state index contributed by atoms with van der Waals surface area (Å²) in [5.41, 5.74) is 5.11. The van der Waals surface area contributed by atoms with Gasteiger partial charge in [0.05, 0.1) is 25.2 Å². The molecule has 240 valence electrons. The number of piperazine rings is 1. The van der Waals surface area contributed by atoms with E-state index < -0.39 is 23.8 Å². The van der Waals surface area contributed by atoms with E-state index in [-0.39, 0.29) is 35.7 Å². The van der Waals surface area contributed by atoms with Crippen LogP contribution in [0.25, 0.3) is 11.4 Å². The zero-order valence-corrected chi connectivity index (χ0v) is 25.3. The third-order valence-electron chi connectivity index (χ3n) is 6.91. The number of carbonyl (C=O) groups is 2. The highest BCUT2D eigenvalue weighted by Gasteiger charge is 2.28. The molecule has 4 heterocycles. The van der Waals surface area contributed by atoms with Gasteiger partial charge in [-0.1, -0.05) is 12.1 Å². The number of carbonyl (C=O) groups excluding carboxylic acids is 2. The first-order valence-electron chi connectivity index (χ1n) is 14.5. The molecule has 0 radical (unpaired) electrons. The maximum Gasteiger partial charge on any atom is 0.415 e. The van der Waals surface area contributed by atoms with Gasteiger partial charge in [-0.2, -0.15) is 15.0 Å². The van der Waals surface area contributed by atoms with Crippen LogP contribution in [0, 0.1) is 0 Å². The quantitative estimate of drug-likeness (QED) is 0.381. The summed E-state index contributed by atoms with van der Waals surface area (Å²) in [5, 5.41) is 0. The highest BCUT2D eigenvalue weighted by Crippen LogP contribution is 2.30. The third kappa shape index (κ3) is 8.26. The van der Waals surface area contributed by atoms with Gasteiger partial charge < -0.3 is 34.6 Å². The first-order chi connectivity index (χ1) is 21.4. The Bertz CT molecular complexity index is 1510. The van der Waals surface area contributed by atoms with Crippen LogP contribution in [0.3, 0.4) is 0 Å². The smallest absolute Gasteiger partial charge is 0.415 e. The largest absolute Gasteiger partial charge is 0.460 e. The van der Waals surface area contributed by atoms with Crippen LogP contribution in [-0.2, 0) is 20.7 Å². The van der Waals surface area contributed by atoms with E-state index in [0.717, 1.165) is 5.56 Å². The Balaban J connectivity index is 1.26. The number of rotatable bonds is 7. The fourth-order valence-electron chi connectivity index (χ4n) is 4.74. The number of aromatic nitrogens is 5. The Morgan fingerprint density at radius 3 is 2.16 bits per heavy atom. The number of hydrogen-bond acceptors (Lipinski definition) is 13. The first kappa shape index (κ1) is 31.7. The predicted octanol–water partition coefficient (Wildman–Crippen LogP) is 2.89. The number of benzene rings is 1. The Kier molecular flexibility index (Phi) is 9.51. The van der Waals surface area contributed by atoms with Crippen molar-refractivity contribution in [2.45, 2.75) is 39.2 Å². The molecule has 3 aromatic rings. The molecule has 2 aliphatic heterocycles. The van der Waals surface area contributed by atoms with Crippen molar-refractivity contribution in [1.29, 1.82) is 0 Å². The fourth-order valence-corrected chi connectivity index (χ4v) is 4.74. The Morgan fingerprint density at radius 2 is 1.56 bits per heavy atom. The molecule has 1 aromatic carbocycles. The standard InChI is InChI=1S/C29H35F2N9O5/c1-29(2,3)45-21(41)16-18-4-6-19(7-5-18)44-28(42)40-10-8-38(9-11-40)26-35-24(20-17-33-25(32)34-22(20)23(30)31)36-27(37-26)39-12-14-43-15-13-39/h4-7,17,23H,8-16H2,1-3H3,(H2,32,33,34). The van der Waals surface area contributed by atoms with E-state index in [0.29, 0.717) is 64.2 Å². The van der Waals surface area contributed by atoms with E-state index in [4.69, 9.17) is 19.9 Å². The molecule has 45 heavy (non-hydrogen) atoms. The highest BCUT2D eigenvalue weighted by atomic mass is 19.3. The summed E-state index contributed by atoms with van der Waals surface area (Å²) in [6, 6.07) is 6.67. The van der Waals surface area contributed by atoms with Crippen LogP contribution in [0.5, 0.6) is 5.75 Å². The number of alkyl halides is 2. The molecule has 16 heteroatoms. The molecular formula is C29H35F2N9O5. The predicted molar refractivity (Wildman–Crippen MR) is 159 cm³/mol. The number of nitrogens with zero attached hydrogens (tertiary/aromatic N) is 8. The maximum absolute atomic E-state index is 13.9. The molecule has 0 saturated carbocycles. The number of ether oxygens (including phenoxy) is 3. The average molecular weight is 628 g/mol. The molecule has 0 atom stereocenters. The number of hydrogen-bond donors (Lipinski definition) is 1. The number of nitrogen functional groups attached to an aromatic ring is 1. The lowest BCUT2D eigenvalue weighted by Gasteiger charge is -2.34. The molecule has 2 N–H and O–H groups in total. The lowest BCUT2D eigenvalue weighted by Crippen LogP contribution is -2.50.